The molecule has 1 heterocycles. The second-order valence-corrected chi connectivity index (χ2v) is 9.58. The van der Waals surface area contributed by atoms with Crippen molar-refractivity contribution in [1.82, 2.24) is 4.90 Å². The predicted molar refractivity (Wildman–Crippen MR) is 144 cm³/mol. The largest absolute Gasteiger partial charge is 0.508 e. The van der Waals surface area contributed by atoms with Gasteiger partial charge in [-0.05, 0) is 72.0 Å². The molecule has 1 aliphatic rings. The lowest BCUT2D eigenvalue weighted by Gasteiger charge is -2.29. The number of nitrogens with zero attached hydrogens (tertiary/aromatic N) is 2. The van der Waals surface area contributed by atoms with Gasteiger partial charge in [-0.1, -0.05) is 54.6 Å². The van der Waals surface area contributed by atoms with Crippen LogP contribution in [0.5, 0.6) is 11.5 Å². The summed E-state index contributed by atoms with van der Waals surface area (Å²) in [5, 5.41) is 31.9. The van der Waals surface area contributed by atoms with Gasteiger partial charge in [0.05, 0.1) is 18.2 Å². The maximum Gasteiger partial charge on any atom is 0.325 e. The number of para-hydroxylation sites is 1. The molecule has 1 saturated heterocycles. The third kappa shape index (κ3) is 4.93. The van der Waals surface area contributed by atoms with E-state index in [4.69, 9.17) is 0 Å². The van der Waals surface area contributed by atoms with Crippen molar-refractivity contribution in [2.24, 2.45) is 0 Å². The zero-order valence-electron chi connectivity index (χ0n) is 20.9. The molecule has 1 aliphatic heterocycles. The number of aromatic hydroxyl groups is 2. The highest BCUT2D eigenvalue weighted by Gasteiger charge is 2.46. The molecule has 1 unspecified atom stereocenters. The highest BCUT2D eigenvalue weighted by atomic mass is 19.1. The summed E-state index contributed by atoms with van der Waals surface area (Å²) in [6.45, 7) is 0. The second-order valence-electron chi connectivity index (χ2n) is 9.58. The van der Waals surface area contributed by atoms with Gasteiger partial charge in [-0.3, -0.25) is 4.90 Å². The summed E-state index contributed by atoms with van der Waals surface area (Å²) in [4.78, 5) is 16.9. The Labute approximate surface area is 220 Å². The lowest BCUT2D eigenvalue weighted by molar-refractivity contribution is 0.148. The molecule has 3 N–H and O–H groups in total. The summed E-state index contributed by atoms with van der Waals surface area (Å²) in [6, 6.07) is 26.1. The number of aliphatic hydroxyl groups excluding tert-OH is 1. The normalized spacial score (nSPS) is 18.1. The standard InChI is InChI=1S/C31H29FN2O4/c1-33-27(16-17-28(36)20-10-13-23(32)14-11-20)30(34(31(33)38)24-7-3-2-4-8-24)26-15-12-22(19-29(26)37)21-6-5-9-25(35)18-21/h2-15,18-19,27-28,30,35-37H,16-17H2,1H3/t27-,28?,30+/m0/s1. The molecule has 1 fully saturated rings. The van der Waals surface area contributed by atoms with Crippen LogP contribution in [0, 0.1) is 5.82 Å². The number of hydrogen-bond acceptors (Lipinski definition) is 4. The van der Waals surface area contributed by atoms with Crippen molar-refractivity contribution in [3.05, 3.63) is 114 Å². The minimum Gasteiger partial charge on any atom is -0.508 e. The van der Waals surface area contributed by atoms with Crippen LogP contribution in [0.3, 0.4) is 0 Å². The van der Waals surface area contributed by atoms with Crippen LogP contribution in [0.1, 0.15) is 36.1 Å². The Morgan fingerprint density at radius 3 is 2.26 bits per heavy atom. The molecule has 3 atom stereocenters. The summed E-state index contributed by atoms with van der Waals surface area (Å²) in [5.41, 5.74) is 3.37. The van der Waals surface area contributed by atoms with E-state index in [1.54, 1.807) is 53.2 Å². The molecular formula is C31H29FN2O4. The topological polar surface area (TPSA) is 84.2 Å². The van der Waals surface area contributed by atoms with E-state index in [0.29, 0.717) is 29.7 Å². The molecule has 4 aromatic rings. The number of anilines is 1. The lowest BCUT2D eigenvalue weighted by Crippen LogP contribution is -2.31. The fraction of sp³-hybridized carbons (Fsp3) is 0.194. The number of urea groups is 1. The number of hydrogen-bond donors (Lipinski definition) is 3. The first-order chi connectivity index (χ1) is 18.3. The van der Waals surface area contributed by atoms with Gasteiger partial charge in [0, 0.05) is 18.3 Å². The molecule has 194 valence electrons. The van der Waals surface area contributed by atoms with Gasteiger partial charge in [-0.15, -0.1) is 0 Å². The Morgan fingerprint density at radius 2 is 1.58 bits per heavy atom. The molecule has 0 saturated carbocycles. The quantitative estimate of drug-likeness (QED) is 0.268. The van der Waals surface area contributed by atoms with Crippen molar-refractivity contribution in [1.29, 1.82) is 0 Å². The predicted octanol–water partition coefficient (Wildman–Crippen LogP) is 6.40. The number of rotatable bonds is 7. The van der Waals surface area contributed by atoms with Crippen LogP contribution in [0.25, 0.3) is 11.1 Å². The lowest BCUT2D eigenvalue weighted by atomic mass is 9.91. The molecule has 6 nitrogen and oxygen atoms in total. The van der Waals surface area contributed by atoms with E-state index >= 15 is 0 Å². The van der Waals surface area contributed by atoms with Crippen LogP contribution in [0.4, 0.5) is 14.9 Å². The summed E-state index contributed by atoms with van der Waals surface area (Å²) in [5.74, 6) is -0.210. The minimum atomic E-state index is -0.827. The fourth-order valence-corrected chi connectivity index (χ4v) is 5.21. The summed E-state index contributed by atoms with van der Waals surface area (Å²) in [7, 11) is 1.73. The molecule has 0 radical (unpaired) electrons. The Hall–Kier alpha value is -4.36. The van der Waals surface area contributed by atoms with Gasteiger partial charge in [0.2, 0.25) is 0 Å². The van der Waals surface area contributed by atoms with Gasteiger partial charge in [0.25, 0.3) is 0 Å². The second kappa shape index (κ2) is 10.6. The van der Waals surface area contributed by atoms with Crippen molar-refractivity contribution in [3.63, 3.8) is 0 Å². The van der Waals surface area contributed by atoms with Gasteiger partial charge in [0.1, 0.15) is 17.3 Å². The van der Waals surface area contributed by atoms with E-state index in [-0.39, 0.29) is 29.4 Å². The van der Waals surface area contributed by atoms with E-state index in [0.717, 1.165) is 11.1 Å². The molecule has 4 aromatic carbocycles. The number of halogens is 1. The van der Waals surface area contributed by atoms with E-state index in [9.17, 15) is 24.5 Å². The van der Waals surface area contributed by atoms with Crippen LogP contribution < -0.4 is 4.90 Å². The summed E-state index contributed by atoms with van der Waals surface area (Å²) < 4.78 is 13.3. The molecule has 0 aromatic heterocycles. The van der Waals surface area contributed by atoms with Crippen molar-refractivity contribution in [2.75, 3.05) is 11.9 Å². The Bertz CT molecular complexity index is 1430. The van der Waals surface area contributed by atoms with Gasteiger partial charge < -0.3 is 20.2 Å². The monoisotopic (exact) mass is 512 g/mol. The number of likely N-dealkylation sites (N-methyl/N-ethyl adjacent to an activating group) is 1. The van der Waals surface area contributed by atoms with Gasteiger partial charge in [0.15, 0.2) is 0 Å². The van der Waals surface area contributed by atoms with E-state index in [1.165, 1.54) is 12.1 Å². The molecule has 0 bridgehead atoms. The zero-order chi connectivity index (χ0) is 26.8. The van der Waals surface area contributed by atoms with Crippen molar-refractivity contribution in [2.45, 2.75) is 31.0 Å². The average molecular weight is 513 g/mol. The first-order valence-electron chi connectivity index (χ1n) is 12.5. The van der Waals surface area contributed by atoms with Gasteiger partial charge in [-0.2, -0.15) is 0 Å². The van der Waals surface area contributed by atoms with Crippen LogP contribution in [0.15, 0.2) is 97.1 Å². The molecule has 0 spiro atoms. The van der Waals surface area contributed by atoms with Crippen molar-refractivity contribution >= 4 is 11.7 Å². The third-order valence-electron chi connectivity index (χ3n) is 7.20. The average Bonchev–Trinajstić information content (AvgIpc) is 3.17. The molecule has 0 aliphatic carbocycles. The molecule has 38 heavy (non-hydrogen) atoms. The Morgan fingerprint density at radius 1 is 0.868 bits per heavy atom. The zero-order valence-corrected chi connectivity index (χ0v) is 20.9. The van der Waals surface area contributed by atoms with E-state index < -0.39 is 12.1 Å². The Kier molecular flexibility index (Phi) is 7.03. The fourth-order valence-electron chi connectivity index (χ4n) is 5.21. The smallest absolute Gasteiger partial charge is 0.325 e. The van der Waals surface area contributed by atoms with Gasteiger partial charge >= 0.3 is 6.03 Å². The maximum absolute atomic E-state index is 13.5. The van der Waals surface area contributed by atoms with Crippen molar-refractivity contribution in [3.8, 4) is 22.6 Å². The molecule has 2 amide bonds. The highest BCUT2D eigenvalue weighted by molar-refractivity contribution is 5.96. The van der Waals surface area contributed by atoms with Crippen LogP contribution in [0.2, 0.25) is 0 Å². The molecule has 5 rings (SSSR count). The SMILES string of the molecule is CN1C(=O)N(c2ccccc2)[C@H](c2ccc(-c3cccc(O)c3)cc2O)[C@@H]1CCC(O)c1ccc(F)cc1. The number of carbonyl (C=O) groups excluding carboxylic acids is 1. The molecular weight excluding hydrogens is 483 g/mol. The number of phenolic OH excluding ortho intramolecular Hbond substituents is 2. The number of amides is 2. The van der Waals surface area contributed by atoms with E-state index in [2.05, 4.69) is 0 Å². The van der Waals surface area contributed by atoms with Crippen LogP contribution >= 0.6 is 0 Å². The number of carbonyl (C=O) groups is 1. The van der Waals surface area contributed by atoms with Crippen LogP contribution in [-0.4, -0.2) is 39.3 Å². The summed E-state index contributed by atoms with van der Waals surface area (Å²) >= 11 is 0. The van der Waals surface area contributed by atoms with Crippen molar-refractivity contribution < 1.29 is 24.5 Å². The molecule has 7 heteroatoms. The maximum atomic E-state index is 13.5. The van der Waals surface area contributed by atoms with Gasteiger partial charge in [-0.25, -0.2) is 9.18 Å². The first-order valence-corrected chi connectivity index (χ1v) is 12.5. The highest BCUT2D eigenvalue weighted by Crippen LogP contribution is 2.44. The number of benzene rings is 4. The number of phenols is 2. The van der Waals surface area contributed by atoms with Crippen LogP contribution in [-0.2, 0) is 0 Å². The Balaban J connectivity index is 1.50. The first kappa shape index (κ1) is 25.3. The third-order valence-corrected chi connectivity index (χ3v) is 7.20. The minimum absolute atomic E-state index is 0.0314. The number of aliphatic hydroxyl groups is 1. The van der Waals surface area contributed by atoms with E-state index in [1.807, 2.05) is 48.5 Å². The summed E-state index contributed by atoms with van der Waals surface area (Å²) in [6.07, 6.45) is -0.0372.